The van der Waals surface area contributed by atoms with Crippen LogP contribution in [0.5, 0.6) is 5.88 Å². The van der Waals surface area contributed by atoms with Gasteiger partial charge < -0.3 is 25.6 Å². The molecule has 208 valence electrons. The summed E-state index contributed by atoms with van der Waals surface area (Å²) in [4.78, 5) is 30.1. The molecule has 0 saturated heterocycles. The Balaban J connectivity index is 1.88. The molecule has 0 spiro atoms. The summed E-state index contributed by atoms with van der Waals surface area (Å²) >= 11 is 0. The first-order chi connectivity index (χ1) is 18.3. The third-order valence-electron chi connectivity index (χ3n) is 5.41. The van der Waals surface area contributed by atoms with Gasteiger partial charge in [0.15, 0.2) is 17.5 Å². The first-order valence-electron chi connectivity index (χ1n) is 11.9. The lowest BCUT2D eigenvalue weighted by Crippen LogP contribution is -2.38. The molecular formula is C27H29F3N4O5. The molecule has 12 heteroatoms. The molecular weight excluding hydrogens is 517 g/mol. The van der Waals surface area contributed by atoms with Crippen molar-refractivity contribution in [1.82, 2.24) is 4.98 Å². The van der Waals surface area contributed by atoms with E-state index in [9.17, 15) is 27.9 Å². The predicted molar refractivity (Wildman–Crippen MR) is 140 cm³/mol. The van der Waals surface area contributed by atoms with Gasteiger partial charge in [-0.1, -0.05) is 0 Å². The molecule has 0 aliphatic carbocycles. The molecule has 0 aliphatic heterocycles. The SMILES string of the molecule is COc1ccc(N)c(N(CCCc2cc(F)ccc2Nc2cc(F)c(F)cc2C(=O)O)C(=O)OC(C)(C)C)n1. The Morgan fingerprint density at radius 1 is 1.05 bits per heavy atom. The lowest BCUT2D eigenvalue weighted by Gasteiger charge is -2.27. The fourth-order valence-electron chi connectivity index (χ4n) is 3.66. The standard InChI is InChI=1S/C27H29F3N4O5/c1-27(2,3)39-26(37)34(24-20(31)8-10-23(33-24)38-4)11-5-6-15-12-16(28)7-9-21(15)32-22-14-19(30)18(29)13-17(22)25(35)36/h7-10,12-14,32H,5-6,11,31H2,1-4H3,(H,35,36). The number of pyridine rings is 1. The Labute approximate surface area is 223 Å². The summed E-state index contributed by atoms with van der Waals surface area (Å²) in [6.45, 7) is 5.18. The first-order valence-corrected chi connectivity index (χ1v) is 11.9. The number of carboxylic acids is 1. The van der Waals surface area contributed by atoms with Gasteiger partial charge in [0.25, 0.3) is 0 Å². The van der Waals surface area contributed by atoms with Gasteiger partial charge in [-0.25, -0.2) is 22.8 Å². The number of hydrogen-bond donors (Lipinski definition) is 3. The first kappa shape index (κ1) is 29.1. The lowest BCUT2D eigenvalue weighted by molar-refractivity contribution is 0.0578. The maximum absolute atomic E-state index is 14.2. The molecule has 1 amide bonds. The Hall–Kier alpha value is -4.48. The number of carboxylic acid groups (broad SMARTS) is 1. The Morgan fingerprint density at radius 3 is 2.38 bits per heavy atom. The van der Waals surface area contributed by atoms with Gasteiger partial charge in [0.1, 0.15) is 11.4 Å². The highest BCUT2D eigenvalue weighted by Gasteiger charge is 2.26. The van der Waals surface area contributed by atoms with Crippen molar-refractivity contribution in [2.24, 2.45) is 0 Å². The van der Waals surface area contributed by atoms with Gasteiger partial charge in [-0.2, -0.15) is 4.98 Å². The van der Waals surface area contributed by atoms with E-state index in [1.54, 1.807) is 26.8 Å². The summed E-state index contributed by atoms with van der Waals surface area (Å²) in [5.74, 6) is -4.26. The number of amides is 1. The molecule has 9 nitrogen and oxygen atoms in total. The van der Waals surface area contributed by atoms with Crippen molar-refractivity contribution in [3.63, 3.8) is 0 Å². The number of anilines is 4. The van der Waals surface area contributed by atoms with Crippen LogP contribution in [0.2, 0.25) is 0 Å². The van der Waals surface area contributed by atoms with Gasteiger partial charge >= 0.3 is 12.1 Å². The Bertz CT molecular complexity index is 1380. The molecule has 0 atom stereocenters. The van der Waals surface area contributed by atoms with E-state index >= 15 is 0 Å². The summed E-state index contributed by atoms with van der Waals surface area (Å²) in [5.41, 5.74) is 5.44. The van der Waals surface area contributed by atoms with E-state index in [0.29, 0.717) is 17.7 Å². The zero-order chi connectivity index (χ0) is 28.9. The van der Waals surface area contributed by atoms with Crippen molar-refractivity contribution in [2.75, 3.05) is 29.6 Å². The molecule has 0 unspecified atom stereocenters. The number of aromatic nitrogens is 1. The van der Waals surface area contributed by atoms with Gasteiger partial charge in [0.05, 0.1) is 24.0 Å². The molecule has 4 N–H and O–H groups in total. The molecule has 3 aromatic rings. The quantitative estimate of drug-likeness (QED) is 0.303. The highest BCUT2D eigenvalue weighted by molar-refractivity contribution is 5.95. The maximum atomic E-state index is 14.2. The monoisotopic (exact) mass is 546 g/mol. The third kappa shape index (κ3) is 7.53. The third-order valence-corrected chi connectivity index (χ3v) is 5.41. The van der Waals surface area contributed by atoms with Crippen LogP contribution in [0.4, 0.5) is 40.8 Å². The highest BCUT2D eigenvalue weighted by atomic mass is 19.2. The number of rotatable bonds is 9. The largest absolute Gasteiger partial charge is 0.481 e. The number of nitrogen functional groups attached to an aromatic ring is 1. The molecule has 0 fully saturated rings. The van der Waals surface area contributed by atoms with E-state index in [1.807, 2.05) is 0 Å². The van der Waals surface area contributed by atoms with Gasteiger partial charge in [-0.15, -0.1) is 0 Å². The van der Waals surface area contributed by atoms with E-state index in [1.165, 1.54) is 30.2 Å². The van der Waals surface area contributed by atoms with Gasteiger partial charge in [0, 0.05) is 24.4 Å². The number of nitrogens with zero attached hydrogens (tertiary/aromatic N) is 2. The minimum atomic E-state index is -1.48. The summed E-state index contributed by atoms with van der Waals surface area (Å²) in [5, 5.41) is 12.2. The van der Waals surface area contributed by atoms with Crippen LogP contribution >= 0.6 is 0 Å². The molecule has 3 rings (SSSR count). The van der Waals surface area contributed by atoms with Gasteiger partial charge in [0.2, 0.25) is 5.88 Å². The second-order valence-corrected chi connectivity index (χ2v) is 9.55. The zero-order valence-corrected chi connectivity index (χ0v) is 21.8. The fourth-order valence-corrected chi connectivity index (χ4v) is 3.66. The lowest BCUT2D eigenvalue weighted by atomic mass is 10.1. The summed E-state index contributed by atoms with van der Waals surface area (Å²) in [6.07, 6.45) is -0.255. The normalized spacial score (nSPS) is 11.2. The number of nitrogens with two attached hydrogens (primary N) is 1. The summed E-state index contributed by atoms with van der Waals surface area (Å²) in [6, 6.07) is 8.07. The fraction of sp³-hybridized carbons (Fsp3) is 0.296. The van der Waals surface area contributed by atoms with E-state index in [0.717, 1.165) is 6.07 Å². The zero-order valence-electron chi connectivity index (χ0n) is 21.8. The molecule has 2 aromatic carbocycles. The molecule has 1 heterocycles. The summed E-state index contributed by atoms with van der Waals surface area (Å²) < 4.78 is 52.3. The van der Waals surface area contributed by atoms with Gasteiger partial charge in [-0.05, 0) is 69.5 Å². The van der Waals surface area contributed by atoms with Crippen LogP contribution in [-0.4, -0.2) is 41.4 Å². The topological polar surface area (TPSA) is 127 Å². The molecule has 39 heavy (non-hydrogen) atoms. The number of aromatic carboxylic acids is 1. The van der Waals surface area contributed by atoms with Crippen LogP contribution < -0.4 is 20.7 Å². The average Bonchev–Trinajstić information content (AvgIpc) is 2.84. The van der Waals surface area contributed by atoms with Crippen LogP contribution in [-0.2, 0) is 11.2 Å². The minimum absolute atomic E-state index is 0.0563. The Kier molecular flexibility index (Phi) is 8.89. The van der Waals surface area contributed by atoms with E-state index in [4.69, 9.17) is 15.2 Å². The number of aryl methyl sites for hydroxylation is 1. The molecule has 0 aliphatic rings. The van der Waals surface area contributed by atoms with Gasteiger partial charge in [-0.3, -0.25) is 4.90 Å². The number of carbonyl (C=O) groups is 2. The maximum Gasteiger partial charge on any atom is 0.416 e. The van der Waals surface area contributed by atoms with Crippen LogP contribution in [0.1, 0.15) is 43.1 Å². The van der Waals surface area contributed by atoms with Crippen molar-refractivity contribution in [1.29, 1.82) is 0 Å². The number of benzene rings is 2. The number of methoxy groups -OCH3 is 1. The van der Waals surface area contributed by atoms with Crippen molar-refractivity contribution in [3.05, 3.63) is 71.0 Å². The number of ether oxygens (including phenoxy) is 2. The van der Waals surface area contributed by atoms with Crippen molar-refractivity contribution in [3.8, 4) is 5.88 Å². The van der Waals surface area contributed by atoms with Crippen LogP contribution in [0.15, 0.2) is 42.5 Å². The van der Waals surface area contributed by atoms with Crippen molar-refractivity contribution < 1.29 is 37.3 Å². The van der Waals surface area contributed by atoms with Crippen LogP contribution in [0.3, 0.4) is 0 Å². The number of carbonyl (C=O) groups excluding carboxylic acids is 1. The smallest absolute Gasteiger partial charge is 0.416 e. The van der Waals surface area contributed by atoms with E-state index < -0.39 is 40.7 Å². The molecule has 1 aromatic heterocycles. The van der Waals surface area contributed by atoms with Crippen LogP contribution in [0.25, 0.3) is 0 Å². The van der Waals surface area contributed by atoms with Crippen molar-refractivity contribution in [2.45, 2.75) is 39.2 Å². The average molecular weight is 547 g/mol. The summed E-state index contributed by atoms with van der Waals surface area (Å²) in [7, 11) is 1.42. The van der Waals surface area contributed by atoms with Crippen LogP contribution in [0, 0.1) is 17.5 Å². The predicted octanol–water partition coefficient (Wildman–Crippen LogP) is 5.91. The second kappa shape index (κ2) is 11.9. The number of hydrogen-bond acceptors (Lipinski definition) is 7. The second-order valence-electron chi connectivity index (χ2n) is 9.55. The molecule has 0 bridgehead atoms. The minimum Gasteiger partial charge on any atom is -0.481 e. The Morgan fingerprint density at radius 2 is 1.74 bits per heavy atom. The molecule has 0 radical (unpaired) electrons. The number of nitrogens with one attached hydrogen (secondary N) is 1. The van der Waals surface area contributed by atoms with E-state index in [-0.39, 0.29) is 48.1 Å². The molecule has 0 saturated carbocycles. The highest BCUT2D eigenvalue weighted by Crippen LogP contribution is 2.29. The van der Waals surface area contributed by atoms with Crippen molar-refractivity contribution >= 4 is 34.9 Å². The number of halogens is 3. The van der Waals surface area contributed by atoms with E-state index in [2.05, 4.69) is 10.3 Å².